The Kier molecular flexibility index (Phi) is 6.11. The van der Waals surface area contributed by atoms with Crippen LogP contribution in [-0.4, -0.2) is 23.5 Å². The molecular formula is C27H23FN2O3S. The molecule has 2 aromatic carbocycles. The van der Waals surface area contributed by atoms with Crippen molar-refractivity contribution in [3.63, 3.8) is 0 Å². The van der Waals surface area contributed by atoms with Gasteiger partial charge in [0.2, 0.25) is 0 Å². The molecule has 4 aromatic rings. The van der Waals surface area contributed by atoms with E-state index in [0.29, 0.717) is 38.3 Å². The minimum Gasteiger partial charge on any atom is -0.462 e. The highest BCUT2D eigenvalue weighted by molar-refractivity contribution is 7.17. The van der Waals surface area contributed by atoms with E-state index in [2.05, 4.69) is 10.3 Å². The third-order valence-electron chi connectivity index (χ3n) is 5.98. The molecule has 0 fully saturated rings. The number of thiophene rings is 1. The van der Waals surface area contributed by atoms with Gasteiger partial charge in [0.15, 0.2) is 0 Å². The van der Waals surface area contributed by atoms with Crippen LogP contribution in [-0.2, 0) is 17.6 Å². The van der Waals surface area contributed by atoms with Crippen LogP contribution in [0.2, 0.25) is 0 Å². The number of carbonyl (C=O) groups is 2. The molecule has 0 saturated carbocycles. The van der Waals surface area contributed by atoms with Gasteiger partial charge in [0, 0.05) is 15.8 Å². The Morgan fingerprint density at radius 3 is 2.65 bits per heavy atom. The standard InChI is InChI=1S/C27H23FN2O3S/c1-2-33-27(32)24-19-8-4-6-10-23(19)34-26(24)30-25(31)20-15-22(16-11-13-17(28)14-12-16)29-21-9-5-3-7-18(20)21/h3,5,7,9,11-15H,2,4,6,8,10H2,1H3,(H,30,31). The van der Waals surface area contributed by atoms with Crippen LogP contribution >= 0.6 is 11.3 Å². The van der Waals surface area contributed by atoms with E-state index in [1.54, 1.807) is 25.1 Å². The fourth-order valence-electron chi connectivity index (χ4n) is 4.38. The zero-order valence-corrected chi connectivity index (χ0v) is 19.5. The van der Waals surface area contributed by atoms with E-state index in [-0.39, 0.29) is 18.3 Å². The van der Waals surface area contributed by atoms with Crippen molar-refractivity contribution in [1.29, 1.82) is 0 Å². The SMILES string of the molecule is CCOC(=O)c1c(NC(=O)c2cc(-c3ccc(F)cc3)nc3ccccc23)sc2c1CCCC2. The molecule has 1 aliphatic rings. The Labute approximate surface area is 200 Å². The molecule has 0 radical (unpaired) electrons. The van der Waals surface area contributed by atoms with Crippen molar-refractivity contribution in [2.24, 2.45) is 0 Å². The molecule has 5 nitrogen and oxygen atoms in total. The number of amides is 1. The summed E-state index contributed by atoms with van der Waals surface area (Å²) in [5.41, 5.74) is 3.85. The van der Waals surface area contributed by atoms with Crippen molar-refractivity contribution in [1.82, 2.24) is 4.98 Å². The first-order valence-corrected chi connectivity index (χ1v) is 12.2. The Bertz CT molecular complexity index is 1400. The predicted molar refractivity (Wildman–Crippen MR) is 132 cm³/mol. The van der Waals surface area contributed by atoms with Crippen molar-refractivity contribution in [3.05, 3.63) is 82.0 Å². The summed E-state index contributed by atoms with van der Waals surface area (Å²) in [4.78, 5) is 32.2. The highest BCUT2D eigenvalue weighted by Crippen LogP contribution is 2.39. The molecule has 0 spiro atoms. The quantitative estimate of drug-likeness (QED) is 0.339. The molecule has 0 atom stereocenters. The van der Waals surface area contributed by atoms with Crippen molar-refractivity contribution in [2.75, 3.05) is 11.9 Å². The van der Waals surface area contributed by atoms with E-state index in [1.165, 1.54) is 23.5 Å². The lowest BCUT2D eigenvalue weighted by Crippen LogP contribution is -2.16. The van der Waals surface area contributed by atoms with Gasteiger partial charge in [-0.1, -0.05) is 18.2 Å². The van der Waals surface area contributed by atoms with Crippen molar-refractivity contribution in [2.45, 2.75) is 32.6 Å². The van der Waals surface area contributed by atoms with E-state index >= 15 is 0 Å². The zero-order valence-electron chi connectivity index (χ0n) is 18.7. The van der Waals surface area contributed by atoms with Crippen LogP contribution < -0.4 is 5.32 Å². The van der Waals surface area contributed by atoms with Gasteiger partial charge < -0.3 is 10.1 Å². The predicted octanol–water partition coefficient (Wildman–Crippen LogP) is 6.41. The topological polar surface area (TPSA) is 68.3 Å². The molecule has 5 rings (SSSR count). The van der Waals surface area contributed by atoms with Gasteiger partial charge in [0.25, 0.3) is 5.91 Å². The monoisotopic (exact) mass is 474 g/mol. The number of carbonyl (C=O) groups excluding carboxylic acids is 2. The van der Waals surface area contributed by atoms with Crippen molar-refractivity contribution in [3.8, 4) is 11.3 Å². The van der Waals surface area contributed by atoms with Crippen molar-refractivity contribution < 1.29 is 18.7 Å². The molecule has 1 amide bonds. The van der Waals surface area contributed by atoms with Gasteiger partial charge in [0.05, 0.1) is 28.9 Å². The van der Waals surface area contributed by atoms with Crippen LogP contribution in [0.1, 0.15) is 50.9 Å². The number of rotatable bonds is 5. The van der Waals surface area contributed by atoms with Crippen LogP contribution in [0.5, 0.6) is 0 Å². The van der Waals surface area contributed by atoms with Gasteiger partial charge in [-0.2, -0.15) is 0 Å². The van der Waals surface area contributed by atoms with Gasteiger partial charge in [0.1, 0.15) is 10.8 Å². The first kappa shape index (κ1) is 22.2. The summed E-state index contributed by atoms with van der Waals surface area (Å²) in [5.74, 6) is -1.06. The summed E-state index contributed by atoms with van der Waals surface area (Å²) in [6.07, 6.45) is 3.79. The second kappa shape index (κ2) is 9.35. The summed E-state index contributed by atoms with van der Waals surface area (Å²) in [7, 11) is 0. The average molecular weight is 475 g/mol. The van der Waals surface area contributed by atoms with E-state index in [1.807, 2.05) is 24.3 Å². The number of nitrogens with one attached hydrogen (secondary N) is 1. The number of hydrogen-bond acceptors (Lipinski definition) is 5. The number of benzene rings is 2. The number of hydrogen-bond donors (Lipinski definition) is 1. The molecule has 2 aromatic heterocycles. The number of halogens is 1. The molecule has 2 heterocycles. The first-order valence-electron chi connectivity index (χ1n) is 11.3. The fraction of sp³-hybridized carbons (Fsp3) is 0.222. The third kappa shape index (κ3) is 4.19. The highest BCUT2D eigenvalue weighted by atomic mass is 32.1. The number of aryl methyl sites for hydroxylation is 1. The molecule has 0 saturated heterocycles. The molecule has 1 N–H and O–H groups in total. The first-order chi connectivity index (χ1) is 16.5. The lowest BCUT2D eigenvalue weighted by Gasteiger charge is -2.13. The summed E-state index contributed by atoms with van der Waals surface area (Å²) < 4.78 is 18.8. The molecule has 0 unspecified atom stereocenters. The molecule has 172 valence electrons. The summed E-state index contributed by atoms with van der Waals surface area (Å²) in [6, 6.07) is 15.1. The van der Waals surface area contributed by atoms with E-state index in [4.69, 9.17) is 4.74 Å². The fourth-order valence-corrected chi connectivity index (χ4v) is 5.65. The van der Waals surface area contributed by atoms with Gasteiger partial charge in [-0.25, -0.2) is 14.2 Å². The van der Waals surface area contributed by atoms with Crippen LogP contribution in [0.3, 0.4) is 0 Å². The number of para-hydroxylation sites is 1. The Morgan fingerprint density at radius 1 is 1.09 bits per heavy atom. The average Bonchev–Trinajstić information content (AvgIpc) is 3.21. The maximum absolute atomic E-state index is 13.6. The summed E-state index contributed by atoms with van der Waals surface area (Å²) in [6.45, 7) is 2.04. The van der Waals surface area contributed by atoms with Crippen LogP contribution in [0.4, 0.5) is 9.39 Å². The number of nitrogens with zero attached hydrogens (tertiary/aromatic N) is 1. The highest BCUT2D eigenvalue weighted by Gasteiger charge is 2.28. The van der Waals surface area contributed by atoms with E-state index in [0.717, 1.165) is 36.1 Å². The second-order valence-corrected chi connectivity index (χ2v) is 9.27. The minimum absolute atomic E-state index is 0.271. The van der Waals surface area contributed by atoms with Crippen molar-refractivity contribution >= 4 is 39.1 Å². The summed E-state index contributed by atoms with van der Waals surface area (Å²) >= 11 is 1.46. The summed E-state index contributed by atoms with van der Waals surface area (Å²) in [5, 5.41) is 4.22. The number of anilines is 1. The molecule has 0 bridgehead atoms. The minimum atomic E-state index is -0.399. The maximum atomic E-state index is 13.6. The Balaban J connectivity index is 1.57. The Morgan fingerprint density at radius 2 is 1.85 bits per heavy atom. The molecular weight excluding hydrogens is 451 g/mol. The van der Waals surface area contributed by atoms with Gasteiger partial charge in [-0.3, -0.25) is 4.79 Å². The molecule has 34 heavy (non-hydrogen) atoms. The van der Waals surface area contributed by atoms with Gasteiger partial charge in [-0.05, 0) is 74.6 Å². The second-order valence-electron chi connectivity index (χ2n) is 8.17. The van der Waals surface area contributed by atoms with Crippen LogP contribution in [0.25, 0.3) is 22.2 Å². The van der Waals surface area contributed by atoms with Crippen LogP contribution in [0.15, 0.2) is 54.6 Å². The largest absolute Gasteiger partial charge is 0.462 e. The number of ether oxygens (including phenoxy) is 1. The lowest BCUT2D eigenvalue weighted by molar-refractivity contribution is 0.0526. The lowest BCUT2D eigenvalue weighted by atomic mass is 9.95. The smallest absolute Gasteiger partial charge is 0.341 e. The molecule has 7 heteroatoms. The van der Waals surface area contributed by atoms with Gasteiger partial charge in [-0.15, -0.1) is 11.3 Å². The van der Waals surface area contributed by atoms with Gasteiger partial charge >= 0.3 is 5.97 Å². The maximum Gasteiger partial charge on any atom is 0.341 e. The molecule has 0 aliphatic heterocycles. The zero-order chi connectivity index (χ0) is 23.7. The number of aromatic nitrogens is 1. The van der Waals surface area contributed by atoms with Crippen LogP contribution in [0, 0.1) is 5.82 Å². The Hall–Kier alpha value is -3.58. The van der Waals surface area contributed by atoms with E-state index < -0.39 is 5.97 Å². The van der Waals surface area contributed by atoms with E-state index in [9.17, 15) is 14.0 Å². The normalized spacial score (nSPS) is 12.9. The third-order valence-corrected chi connectivity index (χ3v) is 7.19. The number of esters is 1. The number of fused-ring (bicyclic) bond motifs is 2. The molecule has 1 aliphatic carbocycles. The number of pyridine rings is 1.